The number of aliphatic hydroxyl groups is 1. The second-order valence-corrected chi connectivity index (χ2v) is 6.51. The first-order valence-electron chi connectivity index (χ1n) is 7.51. The van der Waals surface area contributed by atoms with Crippen LogP contribution in [0.3, 0.4) is 0 Å². The van der Waals surface area contributed by atoms with E-state index in [-0.39, 0.29) is 29.2 Å². The van der Waals surface area contributed by atoms with Crippen LogP contribution in [0.25, 0.3) is 0 Å². The zero-order chi connectivity index (χ0) is 17.5. The molecular weight excluding hydrogens is 356 g/mol. The minimum absolute atomic E-state index is 0.0214. The maximum absolute atomic E-state index is 13.7. The Bertz CT molecular complexity index is 690. The molecule has 130 valence electrons. The van der Waals surface area contributed by atoms with Crippen molar-refractivity contribution in [2.75, 3.05) is 11.9 Å². The summed E-state index contributed by atoms with van der Waals surface area (Å²) in [4.78, 5) is 8.15. The van der Waals surface area contributed by atoms with Crippen LogP contribution >= 0.6 is 23.4 Å². The lowest BCUT2D eigenvalue weighted by Crippen LogP contribution is -2.24. The zero-order valence-electron chi connectivity index (χ0n) is 13.1. The molecule has 0 bridgehead atoms. The summed E-state index contributed by atoms with van der Waals surface area (Å²) in [6.45, 7) is 2.00. The SMILES string of the molecule is CCC[C@H](CO)Nc1cc(SCc2cccc(F)c2F)nc(Cl)n1. The summed E-state index contributed by atoms with van der Waals surface area (Å²) in [5, 5.41) is 13.0. The quantitative estimate of drug-likeness (QED) is 0.411. The number of aliphatic hydroxyl groups excluding tert-OH is 1. The summed E-state index contributed by atoms with van der Waals surface area (Å²) >= 11 is 7.15. The standard InChI is InChI=1S/C16H18ClF2N3OS/c1-2-4-11(8-23)20-13-7-14(22-16(17)21-13)24-9-10-5-3-6-12(18)15(10)19/h3,5-7,11,23H,2,4,8-9H2,1H3,(H,20,21,22)/t11-/m1/s1. The van der Waals surface area contributed by atoms with Crippen molar-refractivity contribution in [3.05, 3.63) is 46.7 Å². The number of hydrogen-bond acceptors (Lipinski definition) is 5. The van der Waals surface area contributed by atoms with Gasteiger partial charge in [-0.2, -0.15) is 0 Å². The number of thioether (sulfide) groups is 1. The van der Waals surface area contributed by atoms with Gasteiger partial charge < -0.3 is 10.4 Å². The molecule has 0 radical (unpaired) electrons. The smallest absolute Gasteiger partial charge is 0.225 e. The number of anilines is 1. The molecule has 4 nitrogen and oxygen atoms in total. The van der Waals surface area contributed by atoms with Gasteiger partial charge in [0.05, 0.1) is 12.6 Å². The highest BCUT2D eigenvalue weighted by molar-refractivity contribution is 7.98. The predicted octanol–water partition coefficient (Wildman–Crippen LogP) is 4.27. The number of nitrogens with one attached hydrogen (secondary N) is 1. The summed E-state index contributed by atoms with van der Waals surface area (Å²) < 4.78 is 26.9. The average Bonchev–Trinajstić information content (AvgIpc) is 2.55. The Labute approximate surface area is 148 Å². The first-order chi connectivity index (χ1) is 11.5. The van der Waals surface area contributed by atoms with Crippen LogP contribution in [0.4, 0.5) is 14.6 Å². The van der Waals surface area contributed by atoms with E-state index < -0.39 is 11.6 Å². The molecule has 2 aromatic rings. The monoisotopic (exact) mass is 373 g/mol. The highest BCUT2D eigenvalue weighted by Gasteiger charge is 2.12. The van der Waals surface area contributed by atoms with Crippen LogP contribution in [0.15, 0.2) is 29.3 Å². The molecule has 0 saturated heterocycles. The Morgan fingerprint density at radius 1 is 1.33 bits per heavy atom. The molecule has 0 saturated carbocycles. The molecule has 0 unspecified atom stereocenters. The molecule has 2 N–H and O–H groups in total. The van der Waals surface area contributed by atoms with Gasteiger partial charge in [-0.25, -0.2) is 18.7 Å². The van der Waals surface area contributed by atoms with E-state index in [1.165, 1.54) is 23.9 Å². The largest absolute Gasteiger partial charge is 0.394 e. The summed E-state index contributed by atoms with van der Waals surface area (Å²) in [6, 6.07) is 5.61. The summed E-state index contributed by atoms with van der Waals surface area (Å²) in [6.07, 6.45) is 1.70. The van der Waals surface area contributed by atoms with Gasteiger partial charge in [0.1, 0.15) is 10.8 Å². The second-order valence-electron chi connectivity index (χ2n) is 5.17. The van der Waals surface area contributed by atoms with Crippen LogP contribution in [0.1, 0.15) is 25.3 Å². The fraction of sp³-hybridized carbons (Fsp3) is 0.375. The van der Waals surface area contributed by atoms with Gasteiger partial charge in [-0.1, -0.05) is 25.5 Å². The van der Waals surface area contributed by atoms with Gasteiger partial charge in [0.2, 0.25) is 5.28 Å². The van der Waals surface area contributed by atoms with E-state index >= 15 is 0 Å². The molecule has 1 atom stereocenters. The van der Waals surface area contributed by atoms with Crippen LogP contribution in [0, 0.1) is 11.6 Å². The van der Waals surface area contributed by atoms with Crippen LogP contribution in [0.2, 0.25) is 5.28 Å². The Kier molecular flexibility index (Phi) is 7.20. The van der Waals surface area contributed by atoms with Gasteiger partial charge in [0, 0.05) is 17.4 Å². The van der Waals surface area contributed by atoms with Crippen molar-refractivity contribution in [1.29, 1.82) is 0 Å². The number of hydrogen-bond donors (Lipinski definition) is 2. The minimum Gasteiger partial charge on any atom is -0.394 e. The van der Waals surface area contributed by atoms with E-state index in [1.54, 1.807) is 6.07 Å². The van der Waals surface area contributed by atoms with Crippen LogP contribution in [0.5, 0.6) is 0 Å². The van der Waals surface area contributed by atoms with Gasteiger partial charge in [-0.15, -0.1) is 11.8 Å². The van der Waals surface area contributed by atoms with E-state index in [2.05, 4.69) is 15.3 Å². The third-order valence-corrected chi connectivity index (χ3v) is 4.42. The van der Waals surface area contributed by atoms with Gasteiger partial charge in [-0.05, 0) is 24.1 Å². The number of benzene rings is 1. The second kappa shape index (κ2) is 9.15. The van der Waals surface area contributed by atoms with E-state index in [4.69, 9.17) is 11.6 Å². The molecule has 1 heterocycles. The van der Waals surface area contributed by atoms with E-state index in [9.17, 15) is 13.9 Å². The number of rotatable bonds is 8. The van der Waals surface area contributed by atoms with Gasteiger partial charge in [0.25, 0.3) is 0 Å². The van der Waals surface area contributed by atoms with Crippen molar-refractivity contribution >= 4 is 29.2 Å². The van der Waals surface area contributed by atoms with Gasteiger partial charge in [-0.3, -0.25) is 0 Å². The fourth-order valence-electron chi connectivity index (χ4n) is 2.12. The van der Waals surface area contributed by atoms with Crippen LogP contribution < -0.4 is 5.32 Å². The normalized spacial score (nSPS) is 12.2. The molecule has 8 heteroatoms. The van der Waals surface area contributed by atoms with Crippen molar-refractivity contribution in [2.24, 2.45) is 0 Å². The molecule has 0 spiro atoms. The van der Waals surface area contributed by atoms with Crippen molar-refractivity contribution < 1.29 is 13.9 Å². The minimum atomic E-state index is -0.874. The molecular formula is C16H18ClF2N3OS. The lowest BCUT2D eigenvalue weighted by atomic mass is 10.2. The molecule has 0 fully saturated rings. The van der Waals surface area contributed by atoms with Crippen LogP contribution in [-0.2, 0) is 5.75 Å². The van der Waals surface area contributed by atoms with Crippen molar-refractivity contribution in [2.45, 2.75) is 36.6 Å². The maximum atomic E-state index is 13.7. The molecule has 0 amide bonds. The fourth-order valence-corrected chi connectivity index (χ4v) is 3.23. The Morgan fingerprint density at radius 3 is 2.83 bits per heavy atom. The predicted molar refractivity (Wildman–Crippen MR) is 92.4 cm³/mol. The average molecular weight is 374 g/mol. The van der Waals surface area contributed by atoms with Gasteiger partial charge >= 0.3 is 0 Å². The van der Waals surface area contributed by atoms with Gasteiger partial charge in [0.15, 0.2) is 11.6 Å². The third-order valence-electron chi connectivity index (χ3n) is 3.29. The Morgan fingerprint density at radius 2 is 2.12 bits per heavy atom. The highest BCUT2D eigenvalue weighted by atomic mass is 35.5. The summed E-state index contributed by atoms with van der Waals surface area (Å²) in [5.74, 6) is -1.02. The highest BCUT2D eigenvalue weighted by Crippen LogP contribution is 2.26. The lowest BCUT2D eigenvalue weighted by molar-refractivity contribution is 0.268. The summed E-state index contributed by atoms with van der Waals surface area (Å²) in [5.41, 5.74) is 0.253. The maximum Gasteiger partial charge on any atom is 0.225 e. The first-order valence-corrected chi connectivity index (χ1v) is 8.87. The van der Waals surface area contributed by atoms with Crippen molar-refractivity contribution in [3.63, 3.8) is 0 Å². The zero-order valence-corrected chi connectivity index (χ0v) is 14.7. The Hall–Kier alpha value is -1.44. The van der Waals surface area contributed by atoms with Crippen LogP contribution in [-0.4, -0.2) is 27.7 Å². The van der Waals surface area contributed by atoms with Crippen molar-refractivity contribution in [1.82, 2.24) is 9.97 Å². The topological polar surface area (TPSA) is 58.0 Å². The molecule has 0 aliphatic heterocycles. The molecule has 1 aromatic carbocycles. The molecule has 1 aromatic heterocycles. The lowest BCUT2D eigenvalue weighted by Gasteiger charge is -2.16. The molecule has 0 aliphatic rings. The first kappa shape index (κ1) is 18.9. The number of aromatic nitrogens is 2. The molecule has 24 heavy (non-hydrogen) atoms. The number of halogens is 3. The summed E-state index contributed by atoms with van der Waals surface area (Å²) in [7, 11) is 0. The molecule has 0 aliphatic carbocycles. The van der Waals surface area contributed by atoms with Crippen molar-refractivity contribution in [3.8, 4) is 0 Å². The third kappa shape index (κ3) is 5.29. The van der Waals surface area contributed by atoms with E-state index in [1.807, 2.05) is 6.92 Å². The Balaban J connectivity index is 2.09. The van der Waals surface area contributed by atoms with E-state index in [0.717, 1.165) is 18.9 Å². The molecule has 2 rings (SSSR count). The number of nitrogens with zero attached hydrogens (tertiary/aromatic N) is 2. The van der Waals surface area contributed by atoms with E-state index in [0.29, 0.717) is 10.8 Å².